The summed E-state index contributed by atoms with van der Waals surface area (Å²) in [5.41, 5.74) is 1.37. The molecule has 32 heavy (non-hydrogen) atoms. The van der Waals surface area contributed by atoms with Crippen LogP contribution in [0.1, 0.15) is 58.6 Å². The molecular formula is C25H32Cl2N2O3. The van der Waals surface area contributed by atoms with Crippen molar-refractivity contribution in [1.29, 1.82) is 0 Å². The molecule has 0 aliphatic carbocycles. The summed E-state index contributed by atoms with van der Waals surface area (Å²) in [6, 6.07) is 12.1. The number of hydrogen-bond donors (Lipinski definition) is 1. The second kappa shape index (κ2) is 11.1. The lowest BCUT2D eigenvalue weighted by molar-refractivity contribution is -0.142. The maximum Gasteiger partial charge on any atom is 0.261 e. The van der Waals surface area contributed by atoms with E-state index in [9.17, 15) is 9.59 Å². The quantitative estimate of drug-likeness (QED) is 0.519. The van der Waals surface area contributed by atoms with E-state index in [1.807, 2.05) is 45.0 Å². The number of amides is 2. The average Bonchev–Trinajstić information content (AvgIpc) is 2.71. The molecule has 2 amide bonds. The molecule has 0 bridgehead atoms. The number of nitrogens with zero attached hydrogens (tertiary/aromatic N) is 1. The summed E-state index contributed by atoms with van der Waals surface area (Å²) in [4.78, 5) is 27.6. The number of rotatable bonds is 8. The van der Waals surface area contributed by atoms with E-state index < -0.39 is 11.6 Å². The highest BCUT2D eigenvalue weighted by molar-refractivity contribution is 6.42. The van der Waals surface area contributed by atoms with Crippen molar-refractivity contribution in [3.8, 4) is 5.75 Å². The standard InChI is InChI=1S/C25H32Cl2N2O3/c1-16(2)19-9-7-8-10-22(19)32-15-23(30)29(17(3)24(31)28-25(4,5)6)14-18-11-12-20(26)21(27)13-18/h7-13,16-17H,14-15H2,1-6H3,(H,28,31)/t17-/m1/s1. The highest BCUT2D eigenvalue weighted by Gasteiger charge is 2.29. The summed E-state index contributed by atoms with van der Waals surface area (Å²) in [5.74, 6) is 0.377. The summed E-state index contributed by atoms with van der Waals surface area (Å²) in [6.07, 6.45) is 0. The van der Waals surface area contributed by atoms with Gasteiger partial charge in [0, 0.05) is 12.1 Å². The van der Waals surface area contributed by atoms with Gasteiger partial charge >= 0.3 is 0 Å². The smallest absolute Gasteiger partial charge is 0.261 e. The van der Waals surface area contributed by atoms with Crippen LogP contribution >= 0.6 is 23.2 Å². The number of ether oxygens (including phenoxy) is 1. The molecule has 7 heteroatoms. The summed E-state index contributed by atoms with van der Waals surface area (Å²) in [5, 5.41) is 3.76. The normalized spacial score (nSPS) is 12.4. The van der Waals surface area contributed by atoms with Crippen molar-refractivity contribution in [2.24, 2.45) is 0 Å². The monoisotopic (exact) mass is 478 g/mol. The Labute approximate surface area is 201 Å². The van der Waals surface area contributed by atoms with Gasteiger partial charge in [0.25, 0.3) is 5.91 Å². The molecule has 0 radical (unpaired) electrons. The molecule has 0 unspecified atom stereocenters. The van der Waals surface area contributed by atoms with E-state index in [1.54, 1.807) is 25.1 Å². The molecule has 1 atom stereocenters. The van der Waals surface area contributed by atoms with Crippen molar-refractivity contribution in [1.82, 2.24) is 10.2 Å². The predicted octanol–water partition coefficient (Wildman–Crippen LogP) is 5.83. The minimum Gasteiger partial charge on any atom is -0.483 e. The van der Waals surface area contributed by atoms with E-state index >= 15 is 0 Å². The Morgan fingerprint density at radius 1 is 1.03 bits per heavy atom. The van der Waals surface area contributed by atoms with Gasteiger partial charge in [-0.05, 0) is 62.9 Å². The first kappa shape index (κ1) is 26.0. The van der Waals surface area contributed by atoms with Crippen LogP contribution in [0.2, 0.25) is 10.0 Å². The maximum atomic E-state index is 13.2. The molecule has 0 spiro atoms. The van der Waals surface area contributed by atoms with Gasteiger partial charge in [-0.3, -0.25) is 9.59 Å². The lowest BCUT2D eigenvalue weighted by Crippen LogP contribution is -2.53. The molecule has 0 fully saturated rings. The molecule has 0 aromatic heterocycles. The number of carbonyl (C=O) groups excluding carboxylic acids is 2. The molecule has 0 aliphatic heterocycles. The lowest BCUT2D eigenvalue weighted by Gasteiger charge is -2.31. The zero-order valence-electron chi connectivity index (χ0n) is 19.5. The molecule has 1 N–H and O–H groups in total. The zero-order chi connectivity index (χ0) is 24.1. The molecule has 0 heterocycles. The van der Waals surface area contributed by atoms with Crippen LogP contribution in [0, 0.1) is 0 Å². The van der Waals surface area contributed by atoms with Gasteiger partial charge in [0.15, 0.2) is 6.61 Å². The SMILES string of the molecule is CC(C)c1ccccc1OCC(=O)N(Cc1ccc(Cl)c(Cl)c1)[C@H](C)C(=O)NC(C)(C)C. The number of hydrogen-bond acceptors (Lipinski definition) is 3. The number of carbonyl (C=O) groups is 2. The lowest BCUT2D eigenvalue weighted by atomic mass is 10.0. The Hall–Kier alpha value is -2.24. The van der Waals surface area contributed by atoms with Gasteiger partial charge in [-0.2, -0.15) is 0 Å². The second-order valence-corrected chi connectivity index (χ2v) is 9.98. The van der Waals surface area contributed by atoms with Crippen LogP contribution in [0.5, 0.6) is 5.75 Å². The van der Waals surface area contributed by atoms with E-state index in [0.29, 0.717) is 15.8 Å². The Balaban J connectivity index is 2.25. The van der Waals surface area contributed by atoms with Crippen molar-refractivity contribution in [2.45, 2.75) is 65.6 Å². The molecule has 0 aliphatic rings. The molecule has 174 valence electrons. The number of nitrogens with one attached hydrogen (secondary N) is 1. The van der Waals surface area contributed by atoms with Gasteiger partial charge in [-0.15, -0.1) is 0 Å². The molecule has 0 saturated carbocycles. The fraction of sp³-hybridized carbons (Fsp3) is 0.440. The van der Waals surface area contributed by atoms with Gasteiger partial charge in [0.2, 0.25) is 5.91 Å². The number of benzene rings is 2. The Morgan fingerprint density at radius 2 is 1.69 bits per heavy atom. The van der Waals surface area contributed by atoms with Crippen LogP contribution in [-0.4, -0.2) is 34.9 Å². The summed E-state index contributed by atoms with van der Waals surface area (Å²) in [6.45, 7) is 11.6. The van der Waals surface area contributed by atoms with Gasteiger partial charge in [-0.25, -0.2) is 0 Å². The van der Waals surface area contributed by atoms with Crippen molar-refractivity contribution >= 4 is 35.0 Å². The van der Waals surface area contributed by atoms with Crippen LogP contribution in [0.3, 0.4) is 0 Å². The molecule has 2 rings (SSSR count). The van der Waals surface area contributed by atoms with Gasteiger partial charge < -0.3 is 15.0 Å². The summed E-state index contributed by atoms with van der Waals surface area (Å²) in [7, 11) is 0. The molecular weight excluding hydrogens is 447 g/mol. The molecule has 2 aromatic carbocycles. The highest BCUT2D eigenvalue weighted by Crippen LogP contribution is 2.26. The molecule has 0 saturated heterocycles. The van der Waals surface area contributed by atoms with Crippen molar-refractivity contribution in [2.75, 3.05) is 6.61 Å². The van der Waals surface area contributed by atoms with E-state index in [1.165, 1.54) is 4.90 Å². The first-order valence-electron chi connectivity index (χ1n) is 10.7. The van der Waals surface area contributed by atoms with E-state index in [2.05, 4.69) is 19.2 Å². The van der Waals surface area contributed by atoms with Crippen LogP contribution in [0.15, 0.2) is 42.5 Å². The minimum atomic E-state index is -0.708. The van der Waals surface area contributed by atoms with Gasteiger partial charge in [-0.1, -0.05) is 61.3 Å². The van der Waals surface area contributed by atoms with Crippen LogP contribution < -0.4 is 10.1 Å². The number of para-hydroxylation sites is 1. The van der Waals surface area contributed by atoms with E-state index in [0.717, 1.165) is 11.1 Å². The van der Waals surface area contributed by atoms with Gasteiger partial charge in [0.05, 0.1) is 10.0 Å². The highest BCUT2D eigenvalue weighted by atomic mass is 35.5. The Bertz CT molecular complexity index is 954. The first-order valence-corrected chi connectivity index (χ1v) is 11.4. The summed E-state index contributed by atoms with van der Waals surface area (Å²) >= 11 is 12.2. The van der Waals surface area contributed by atoms with Crippen molar-refractivity contribution in [3.05, 3.63) is 63.6 Å². The topological polar surface area (TPSA) is 58.6 Å². The van der Waals surface area contributed by atoms with E-state index in [4.69, 9.17) is 27.9 Å². The fourth-order valence-corrected chi connectivity index (χ4v) is 3.52. The van der Waals surface area contributed by atoms with Crippen LogP contribution in [-0.2, 0) is 16.1 Å². The number of halogens is 2. The third kappa shape index (κ3) is 7.42. The average molecular weight is 479 g/mol. The van der Waals surface area contributed by atoms with E-state index in [-0.39, 0.29) is 30.9 Å². The molecule has 5 nitrogen and oxygen atoms in total. The summed E-state index contributed by atoms with van der Waals surface area (Å²) < 4.78 is 5.88. The third-order valence-corrected chi connectivity index (χ3v) is 5.63. The molecule has 2 aromatic rings. The van der Waals surface area contributed by atoms with Crippen molar-refractivity contribution < 1.29 is 14.3 Å². The van der Waals surface area contributed by atoms with Crippen LogP contribution in [0.25, 0.3) is 0 Å². The predicted molar refractivity (Wildman–Crippen MR) is 130 cm³/mol. The minimum absolute atomic E-state index is 0.182. The Morgan fingerprint density at radius 3 is 2.28 bits per heavy atom. The largest absolute Gasteiger partial charge is 0.483 e. The van der Waals surface area contributed by atoms with Crippen LogP contribution in [0.4, 0.5) is 0 Å². The zero-order valence-corrected chi connectivity index (χ0v) is 21.1. The van der Waals surface area contributed by atoms with Crippen molar-refractivity contribution in [3.63, 3.8) is 0 Å². The third-order valence-electron chi connectivity index (χ3n) is 4.89. The van der Waals surface area contributed by atoms with Gasteiger partial charge in [0.1, 0.15) is 11.8 Å². The maximum absolute atomic E-state index is 13.2. The fourth-order valence-electron chi connectivity index (χ4n) is 3.20. The second-order valence-electron chi connectivity index (χ2n) is 9.17. The first-order chi connectivity index (χ1) is 14.9. The Kier molecular flexibility index (Phi) is 8.99.